The van der Waals surface area contributed by atoms with E-state index in [0.29, 0.717) is 23.1 Å². The molecule has 0 radical (unpaired) electrons. The van der Waals surface area contributed by atoms with Gasteiger partial charge in [-0.1, -0.05) is 19.0 Å². The van der Waals surface area contributed by atoms with Crippen molar-refractivity contribution in [3.8, 4) is 17.6 Å². The number of aromatic nitrogens is 2. The zero-order valence-corrected chi connectivity index (χ0v) is 17.6. The van der Waals surface area contributed by atoms with Crippen LogP contribution in [0.4, 0.5) is 0 Å². The minimum atomic E-state index is -0.702. The Balaban J connectivity index is 1.68. The summed E-state index contributed by atoms with van der Waals surface area (Å²) in [6.07, 6.45) is 4.17. The second-order valence-electron chi connectivity index (χ2n) is 7.57. The van der Waals surface area contributed by atoms with Crippen LogP contribution in [0.1, 0.15) is 42.9 Å². The first kappa shape index (κ1) is 21.2. The lowest BCUT2D eigenvalue weighted by Gasteiger charge is -2.11. The van der Waals surface area contributed by atoms with E-state index in [1.807, 2.05) is 26.0 Å². The summed E-state index contributed by atoms with van der Waals surface area (Å²) in [5, 5.41) is 13.3. The quantitative estimate of drug-likeness (QED) is 0.295. The fourth-order valence-electron chi connectivity index (χ4n) is 3.13. The SMILES string of the molecule is Cc1cc(/C=C(\C#N)C(=O)OCc2cc(-c3ccco3)on2)c(C)n1CCC(C)C. The molecular formula is C23H25N3O4. The zero-order chi connectivity index (χ0) is 21.7. The Labute approximate surface area is 175 Å². The van der Waals surface area contributed by atoms with Crippen LogP contribution >= 0.6 is 0 Å². The van der Waals surface area contributed by atoms with Gasteiger partial charge in [0.25, 0.3) is 0 Å². The average molecular weight is 407 g/mol. The first-order chi connectivity index (χ1) is 14.4. The molecule has 0 saturated heterocycles. The van der Waals surface area contributed by atoms with E-state index < -0.39 is 5.97 Å². The fraction of sp³-hybridized carbons (Fsp3) is 0.348. The maximum atomic E-state index is 12.4. The highest BCUT2D eigenvalue weighted by molar-refractivity contribution is 5.98. The summed E-state index contributed by atoms with van der Waals surface area (Å²) in [6, 6.07) is 9.03. The van der Waals surface area contributed by atoms with Gasteiger partial charge in [0.15, 0.2) is 5.76 Å². The largest absolute Gasteiger partial charge is 0.461 e. The second-order valence-corrected chi connectivity index (χ2v) is 7.57. The number of hydrogen-bond donors (Lipinski definition) is 0. The Morgan fingerprint density at radius 1 is 1.33 bits per heavy atom. The van der Waals surface area contributed by atoms with E-state index >= 15 is 0 Å². The van der Waals surface area contributed by atoms with Crippen LogP contribution < -0.4 is 0 Å². The van der Waals surface area contributed by atoms with Crippen LogP contribution in [0.25, 0.3) is 17.6 Å². The number of carbonyl (C=O) groups excluding carboxylic acids is 1. The van der Waals surface area contributed by atoms with Gasteiger partial charge >= 0.3 is 5.97 Å². The van der Waals surface area contributed by atoms with Crippen molar-refractivity contribution >= 4 is 12.0 Å². The molecule has 0 atom stereocenters. The number of furan rings is 1. The molecule has 0 bridgehead atoms. The van der Waals surface area contributed by atoms with Crippen LogP contribution in [0.15, 0.2) is 45.0 Å². The summed E-state index contributed by atoms with van der Waals surface area (Å²) in [7, 11) is 0. The van der Waals surface area contributed by atoms with Crippen LogP contribution in [0, 0.1) is 31.1 Å². The Bertz CT molecular complexity index is 1080. The summed E-state index contributed by atoms with van der Waals surface area (Å²) in [4.78, 5) is 12.4. The number of hydrogen-bond acceptors (Lipinski definition) is 6. The van der Waals surface area contributed by atoms with E-state index in [1.165, 1.54) is 6.26 Å². The standard InChI is InChI=1S/C23H25N3O4/c1-15(2)7-8-26-16(3)10-18(17(26)4)11-19(13-24)23(27)29-14-20-12-22(30-25-20)21-6-5-9-28-21/h5-6,9-12,15H,7-8,14H2,1-4H3/b19-11+. The van der Waals surface area contributed by atoms with E-state index in [2.05, 4.69) is 23.6 Å². The van der Waals surface area contributed by atoms with Crippen molar-refractivity contribution in [2.24, 2.45) is 5.92 Å². The van der Waals surface area contributed by atoms with E-state index in [9.17, 15) is 10.1 Å². The molecule has 0 unspecified atom stereocenters. The number of rotatable bonds is 8. The topological polar surface area (TPSA) is 94.2 Å². The average Bonchev–Trinajstić information content (AvgIpc) is 3.44. The van der Waals surface area contributed by atoms with Crippen LogP contribution in [0.2, 0.25) is 0 Å². The molecule has 0 aromatic carbocycles. The van der Waals surface area contributed by atoms with Crippen molar-refractivity contribution in [1.29, 1.82) is 5.26 Å². The van der Waals surface area contributed by atoms with Crippen LogP contribution in [0.5, 0.6) is 0 Å². The highest BCUT2D eigenvalue weighted by atomic mass is 16.5. The molecule has 3 heterocycles. The van der Waals surface area contributed by atoms with Crippen LogP contribution in [0.3, 0.4) is 0 Å². The number of nitrogens with zero attached hydrogens (tertiary/aromatic N) is 3. The second kappa shape index (κ2) is 9.31. The van der Waals surface area contributed by atoms with Gasteiger partial charge in [0.1, 0.15) is 23.9 Å². The molecule has 0 saturated carbocycles. The van der Waals surface area contributed by atoms with Gasteiger partial charge in [0.05, 0.1) is 6.26 Å². The van der Waals surface area contributed by atoms with Gasteiger partial charge in [0.2, 0.25) is 5.76 Å². The summed E-state index contributed by atoms with van der Waals surface area (Å²) < 4.78 is 17.9. The summed E-state index contributed by atoms with van der Waals surface area (Å²) in [5.41, 5.74) is 3.32. The van der Waals surface area contributed by atoms with Crippen molar-refractivity contribution in [3.05, 3.63) is 58.7 Å². The predicted molar refractivity (Wildman–Crippen MR) is 111 cm³/mol. The first-order valence-corrected chi connectivity index (χ1v) is 9.84. The van der Waals surface area contributed by atoms with Gasteiger partial charge < -0.3 is 18.2 Å². The molecule has 3 aromatic rings. The van der Waals surface area contributed by atoms with Crippen LogP contribution in [-0.4, -0.2) is 15.7 Å². The van der Waals surface area contributed by atoms with E-state index in [4.69, 9.17) is 13.7 Å². The molecule has 0 amide bonds. The van der Waals surface area contributed by atoms with E-state index in [1.54, 1.807) is 24.3 Å². The zero-order valence-electron chi connectivity index (χ0n) is 17.6. The molecule has 0 spiro atoms. The van der Waals surface area contributed by atoms with Crippen molar-refractivity contribution in [2.45, 2.75) is 47.3 Å². The van der Waals surface area contributed by atoms with Crippen molar-refractivity contribution in [1.82, 2.24) is 9.72 Å². The molecule has 156 valence electrons. The summed E-state index contributed by atoms with van der Waals surface area (Å²) in [5.74, 6) is 0.869. The van der Waals surface area contributed by atoms with Crippen molar-refractivity contribution in [3.63, 3.8) is 0 Å². The normalized spacial score (nSPS) is 11.7. The number of carbonyl (C=O) groups is 1. The molecule has 0 aliphatic rings. The Kier molecular flexibility index (Phi) is 6.58. The van der Waals surface area contributed by atoms with E-state index in [0.717, 1.165) is 29.9 Å². The van der Waals surface area contributed by atoms with Gasteiger partial charge in [-0.2, -0.15) is 5.26 Å². The Morgan fingerprint density at radius 2 is 2.13 bits per heavy atom. The molecule has 7 heteroatoms. The monoisotopic (exact) mass is 407 g/mol. The molecule has 0 aliphatic heterocycles. The van der Waals surface area contributed by atoms with Gasteiger partial charge in [-0.3, -0.25) is 0 Å². The molecule has 0 aliphatic carbocycles. The van der Waals surface area contributed by atoms with Gasteiger partial charge in [-0.15, -0.1) is 0 Å². The minimum absolute atomic E-state index is 0.0612. The number of aryl methyl sites for hydroxylation is 1. The number of esters is 1. The first-order valence-electron chi connectivity index (χ1n) is 9.84. The molecule has 7 nitrogen and oxygen atoms in total. The Morgan fingerprint density at radius 3 is 2.80 bits per heavy atom. The molecule has 3 rings (SSSR count). The number of ether oxygens (including phenoxy) is 1. The van der Waals surface area contributed by atoms with Crippen molar-refractivity contribution < 1.29 is 18.5 Å². The highest BCUT2D eigenvalue weighted by Gasteiger charge is 2.16. The summed E-state index contributed by atoms with van der Waals surface area (Å²) in [6.45, 7) is 9.19. The minimum Gasteiger partial charge on any atom is -0.461 e. The highest BCUT2D eigenvalue weighted by Crippen LogP contribution is 2.22. The number of nitriles is 1. The lowest BCUT2D eigenvalue weighted by Crippen LogP contribution is -2.07. The van der Waals surface area contributed by atoms with Gasteiger partial charge in [-0.05, 0) is 56.0 Å². The molecular weight excluding hydrogens is 382 g/mol. The molecule has 0 fully saturated rings. The maximum Gasteiger partial charge on any atom is 0.349 e. The van der Waals surface area contributed by atoms with Crippen molar-refractivity contribution in [2.75, 3.05) is 0 Å². The molecule has 0 N–H and O–H groups in total. The lowest BCUT2D eigenvalue weighted by molar-refractivity contribution is -0.139. The predicted octanol–water partition coefficient (Wildman–Crippen LogP) is 5.05. The van der Waals surface area contributed by atoms with Gasteiger partial charge in [-0.25, -0.2) is 4.79 Å². The smallest absolute Gasteiger partial charge is 0.349 e. The fourth-order valence-corrected chi connectivity index (χ4v) is 3.13. The third-order valence-corrected chi connectivity index (χ3v) is 4.86. The maximum absolute atomic E-state index is 12.4. The van der Waals surface area contributed by atoms with E-state index in [-0.39, 0.29) is 12.2 Å². The summed E-state index contributed by atoms with van der Waals surface area (Å²) >= 11 is 0. The third kappa shape index (κ3) is 4.90. The van der Waals surface area contributed by atoms with Gasteiger partial charge in [0, 0.05) is 24.0 Å². The van der Waals surface area contributed by atoms with Crippen LogP contribution in [-0.2, 0) is 22.7 Å². The molecule has 30 heavy (non-hydrogen) atoms. The molecule has 3 aromatic heterocycles. The lowest BCUT2D eigenvalue weighted by atomic mass is 10.1. The third-order valence-electron chi connectivity index (χ3n) is 4.86. The Hall–Kier alpha value is -3.53.